The zero-order valence-corrected chi connectivity index (χ0v) is 11.0. The Labute approximate surface area is 115 Å². The number of halogens is 2. The van der Waals surface area contributed by atoms with Crippen LogP contribution in [0.25, 0.3) is 0 Å². The lowest BCUT2D eigenvalue weighted by atomic mass is 9.61. The molecule has 2 saturated heterocycles. The van der Waals surface area contributed by atoms with Gasteiger partial charge in [0.1, 0.15) is 6.54 Å². The van der Waals surface area contributed by atoms with E-state index in [1.54, 1.807) is 6.07 Å². The average Bonchev–Trinajstić information content (AvgIpc) is 2.73. The number of nitrogens with zero attached hydrogens (tertiary/aromatic N) is 1. The van der Waals surface area contributed by atoms with Gasteiger partial charge < -0.3 is 13.7 Å². The molecule has 0 saturated carbocycles. The highest BCUT2D eigenvalue weighted by atomic mass is 19.3. The topological polar surface area (TPSA) is 35.5 Å². The fourth-order valence-corrected chi connectivity index (χ4v) is 3.17. The quantitative estimate of drug-likeness (QED) is 0.767. The van der Waals surface area contributed by atoms with Crippen LogP contribution in [0.3, 0.4) is 0 Å². The summed E-state index contributed by atoms with van der Waals surface area (Å²) in [5.41, 5.74) is 0.351. The first-order valence-corrected chi connectivity index (χ1v) is 6.32. The molecule has 0 N–H and O–H groups in total. The summed E-state index contributed by atoms with van der Waals surface area (Å²) < 4.78 is 37.1. The summed E-state index contributed by atoms with van der Waals surface area (Å²) in [7, 11) is 1.82. The van der Waals surface area contributed by atoms with Crippen LogP contribution < -0.4 is 5.46 Å². The lowest BCUT2D eigenvalue weighted by Crippen LogP contribution is -2.67. The summed E-state index contributed by atoms with van der Waals surface area (Å²) >= 11 is 0. The number of alkyl halides is 2. The van der Waals surface area contributed by atoms with E-state index in [0.29, 0.717) is 17.8 Å². The van der Waals surface area contributed by atoms with Gasteiger partial charge in [0, 0.05) is 12.6 Å². The van der Waals surface area contributed by atoms with Gasteiger partial charge in [-0.25, -0.2) is 8.78 Å². The fraction of sp³-hybridized carbons (Fsp3) is 0.308. The van der Waals surface area contributed by atoms with Gasteiger partial charge in [0.25, 0.3) is 6.43 Å². The second kappa shape index (κ2) is 4.05. The van der Waals surface area contributed by atoms with Gasteiger partial charge in [0.05, 0.1) is 12.3 Å². The average molecular weight is 281 g/mol. The summed E-state index contributed by atoms with van der Waals surface area (Å²) in [5, 5.41) is 0. The lowest BCUT2D eigenvalue weighted by molar-refractivity contribution is -0.793. The van der Waals surface area contributed by atoms with Gasteiger partial charge in [-0.2, -0.15) is 0 Å². The van der Waals surface area contributed by atoms with Crippen molar-refractivity contribution in [1.82, 2.24) is 0 Å². The van der Waals surface area contributed by atoms with Gasteiger partial charge in [-0.1, -0.05) is 30.8 Å². The van der Waals surface area contributed by atoms with Crippen LogP contribution in [0.15, 0.2) is 36.6 Å². The van der Waals surface area contributed by atoms with Crippen molar-refractivity contribution >= 4 is 18.1 Å². The van der Waals surface area contributed by atoms with Gasteiger partial charge in [-0.3, -0.25) is 4.79 Å². The Kier molecular flexibility index (Phi) is 2.66. The highest BCUT2D eigenvalue weighted by Crippen LogP contribution is 2.37. The lowest BCUT2D eigenvalue weighted by Gasteiger charge is -2.40. The molecule has 20 heavy (non-hydrogen) atoms. The molecule has 1 aromatic carbocycles. The summed E-state index contributed by atoms with van der Waals surface area (Å²) in [6, 6.07) is 5.86. The molecule has 2 heterocycles. The summed E-state index contributed by atoms with van der Waals surface area (Å²) in [5.74, 6) is 0.116. The normalized spacial score (nSPS) is 32.2. The minimum absolute atomic E-state index is 0.116. The van der Waals surface area contributed by atoms with Gasteiger partial charge in [-0.05, 0) is 5.46 Å². The van der Waals surface area contributed by atoms with Crippen LogP contribution in [0.2, 0.25) is 0 Å². The number of likely N-dealkylation sites (N-methyl/N-ethyl adjacent to an activating group) is 1. The number of carbonyl (C=O) groups is 1. The van der Waals surface area contributed by atoms with E-state index in [4.69, 9.17) is 9.31 Å². The molecular formula is C13H14BF2NO3. The Bertz CT molecular complexity index is 585. The minimum Gasteiger partial charge on any atom is -0.626 e. The van der Waals surface area contributed by atoms with Crippen LogP contribution in [0, 0.1) is 0 Å². The Morgan fingerprint density at radius 3 is 2.80 bits per heavy atom. The number of fused-ring (bicyclic) bond motifs is 1. The van der Waals surface area contributed by atoms with Gasteiger partial charge in [0.15, 0.2) is 0 Å². The van der Waals surface area contributed by atoms with Crippen molar-refractivity contribution < 1.29 is 27.3 Å². The van der Waals surface area contributed by atoms with Gasteiger partial charge in [0.2, 0.25) is 0 Å². The monoisotopic (exact) mass is 281 g/mol. The molecule has 0 bridgehead atoms. The van der Waals surface area contributed by atoms with Gasteiger partial charge >= 0.3 is 12.7 Å². The molecule has 2 aliphatic heterocycles. The SMILES string of the molecule is C=C1C[N@+]2(C)CC(=O)O[B-]2(c2cccc(C(F)F)c2)O1. The highest BCUT2D eigenvalue weighted by molar-refractivity contribution is 6.77. The molecule has 2 fully saturated rings. The number of hydrogen-bond donors (Lipinski definition) is 0. The molecule has 0 spiro atoms. The van der Waals surface area contributed by atoms with Crippen molar-refractivity contribution in [2.75, 3.05) is 20.1 Å². The molecule has 2 aliphatic rings. The molecule has 7 heteroatoms. The van der Waals surface area contributed by atoms with Crippen LogP contribution in [-0.2, 0) is 14.1 Å². The van der Waals surface area contributed by atoms with Crippen molar-refractivity contribution in [3.05, 3.63) is 42.2 Å². The van der Waals surface area contributed by atoms with E-state index in [1.165, 1.54) is 18.2 Å². The molecule has 0 amide bonds. The van der Waals surface area contributed by atoms with E-state index >= 15 is 0 Å². The number of rotatable bonds is 2. The molecule has 1 aromatic rings. The molecular weight excluding hydrogens is 267 g/mol. The molecule has 4 nitrogen and oxygen atoms in total. The Balaban J connectivity index is 2.13. The Morgan fingerprint density at radius 1 is 1.35 bits per heavy atom. The van der Waals surface area contributed by atoms with E-state index in [2.05, 4.69) is 6.58 Å². The van der Waals surface area contributed by atoms with Crippen molar-refractivity contribution in [3.63, 3.8) is 0 Å². The second-order valence-corrected chi connectivity index (χ2v) is 5.58. The number of benzene rings is 1. The first-order chi connectivity index (χ1) is 9.36. The molecule has 2 atom stereocenters. The van der Waals surface area contributed by atoms with Crippen LogP contribution in [-0.4, -0.2) is 37.2 Å². The van der Waals surface area contributed by atoms with Crippen LogP contribution in [0.5, 0.6) is 0 Å². The summed E-state index contributed by atoms with van der Waals surface area (Å²) in [6.45, 7) is 2.18. The molecule has 0 radical (unpaired) electrons. The standard InChI is InChI=1S/C13H14BF2NO3/c1-9-7-17(2)8-12(18)20-14(17,19-9)11-5-3-4-10(6-11)13(15)16/h3-6,13H,1,7-8H2,2H3/t14?,17-/m1/s1. The maximum absolute atomic E-state index is 12.9. The van der Waals surface area contributed by atoms with E-state index in [0.717, 1.165) is 0 Å². The Hall–Kier alpha value is -1.89. The van der Waals surface area contributed by atoms with Gasteiger partial charge in [-0.15, -0.1) is 0 Å². The van der Waals surface area contributed by atoms with E-state index in [9.17, 15) is 13.6 Å². The third-order valence-electron chi connectivity index (χ3n) is 4.05. The molecule has 1 unspecified atom stereocenters. The van der Waals surface area contributed by atoms with Crippen LogP contribution in [0.4, 0.5) is 8.78 Å². The molecule has 106 valence electrons. The molecule has 0 aliphatic carbocycles. The number of quaternary nitrogens is 1. The third-order valence-corrected chi connectivity index (χ3v) is 4.05. The first-order valence-electron chi connectivity index (χ1n) is 6.32. The maximum Gasteiger partial charge on any atom is 0.612 e. The zero-order valence-electron chi connectivity index (χ0n) is 11.0. The minimum atomic E-state index is -2.58. The first kappa shape index (κ1) is 13.1. The largest absolute Gasteiger partial charge is 0.626 e. The number of hydrogen-bond acceptors (Lipinski definition) is 3. The van der Waals surface area contributed by atoms with Crippen molar-refractivity contribution in [2.24, 2.45) is 0 Å². The van der Waals surface area contributed by atoms with Crippen LogP contribution in [0.1, 0.15) is 12.0 Å². The smallest absolute Gasteiger partial charge is 0.612 e. The molecule has 3 rings (SSSR count). The van der Waals surface area contributed by atoms with Crippen molar-refractivity contribution in [2.45, 2.75) is 6.43 Å². The third kappa shape index (κ3) is 1.66. The second-order valence-electron chi connectivity index (χ2n) is 5.58. The number of carbonyl (C=O) groups excluding carboxylic acids is 1. The predicted molar refractivity (Wildman–Crippen MR) is 69.0 cm³/mol. The Morgan fingerprint density at radius 2 is 2.10 bits per heavy atom. The van der Waals surface area contributed by atoms with E-state index in [-0.39, 0.29) is 22.5 Å². The van der Waals surface area contributed by atoms with Crippen LogP contribution >= 0.6 is 0 Å². The summed E-state index contributed by atoms with van der Waals surface area (Å²) in [6.07, 6.45) is -2.58. The van der Waals surface area contributed by atoms with E-state index in [1.807, 2.05) is 7.05 Å². The predicted octanol–water partition coefficient (Wildman–Crippen LogP) is 1.32. The molecule has 0 aromatic heterocycles. The zero-order chi connectivity index (χ0) is 14.5. The maximum atomic E-state index is 12.9. The van der Waals surface area contributed by atoms with Crippen molar-refractivity contribution in [3.8, 4) is 0 Å². The summed E-state index contributed by atoms with van der Waals surface area (Å²) in [4.78, 5) is 11.7. The fourth-order valence-electron chi connectivity index (χ4n) is 3.17. The highest BCUT2D eigenvalue weighted by Gasteiger charge is 2.64. The van der Waals surface area contributed by atoms with E-state index < -0.39 is 13.1 Å². The van der Waals surface area contributed by atoms with Crippen molar-refractivity contribution in [1.29, 1.82) is 0 Å².